The third kappa shape index (κ3) is 1.90. The molecule has 3 aromatic rings. The molecule has 1 atom stereocenters. The Kier molecular flexibility index (Phi) is 2.94. The van der Waals surface area contributed by atoms with Gasteiger partial charge in [0.05, 0.1) is 22.9 Å². The van der Waals surface area contributed by atoms with Crippen molar-refractivity contribution in [1.82, 2.24) is 0 Å². The number of rotatable bonds is 1. The van der Waals surface area contributed by atoms with E-state index in [9.17, 15) is 4.79 Å². The highest BCUT2D eigenvalue weighted by molar-refractivity contribution is 8.00. The molecule has 3 nitrogen and oxygen atoms in total. The van der Waals surface area contributed by atoms with Gasteiger partial charge in [-0.15, -0.1) is 11.8 Å². The molecule has 0 amide bonds. The predicted molar refractivity (Wildman–Crippen MR) is 95.1 cm³/mol. The van der Waals surface area contributed by atoms with Crippen LogP contribution in [0.25, 0.3) is 5.70 Å². The fourth-order valence-electron chi connectivity index (χ4n) is 3.32. The molecular formula is C20H13NO2S. The summed E-state index contributed by atoms with van der Waals surface area (Å²) >= 11 is 1.65. The molecule has 2 aromatic carbocycles. The molecule has 2 heterocycles. The molecular weight excluding hydrogens is 318 g/mol. The van der Waals surface area contributed by atoms with Gasteiger partial charge in [0.1, 0.15) is 5.76 Å². The minimum atomic E-state index is -0.161. The van der Waals surface area contributed by atoms with Gasteiger partial charge in [0.25, 0.3) is 0 Å². The second-order valence-electron chi connectivity index (χ2n) is 5.80. The lowest BCUT2D eigenvalue weighted by Crippen LogP contribution is -2.06. The Hall–Kier alpha value is -2.72. The summed E-state index contributed by atoms with van der Waals surface area (Å²) in [6.45, 7) is 0. The number of fused-ring (bicyclic) bond motifs is 3. The number of benzene rings is 2. The number of thioether (sulfide) groups is 1. The average molecular weight is 331 g/mol. The summed E-state index contributed by atoms with van der Waals surface area (Å²) in [5, 5.41) is 3.34. The molecule has 0 saturated heterocycles. The van der Waals surface area contributed by atoms with Crippen LogP contribution in [-0.4, -0.2) is 5.78 Å². The Morgan fingerprint density at radius 1 is 0.917 bits per heavy atom. The number of furan rings is 1. The van der Waals surface area contributed by atoms with E-state index in [1.54, 1.807) is 18.0 Å². The van der Waals surface area contributed by atoms with Crippen LogP contribution in [0.1, 0.15) is 26.9 Å². The Labute approximate surface area is 143 Å². The summed E-state index contributed by atoms with van der Waals surface area (Å²) in [5.74, 6) is 0.877. The molecule has 1 aliphatic carbocycles. The van der Waals surface area contributed by atoms with Crippen LogP contribution in [0.3, 0.4) is 0 Å². The molecule has 1 aliphatic heterocycles. The van der Waals surface area contributed by atoms with Crippen LogP contribution in [0.2, 0.25) is 0 Å². The number of anilines is 1. The Morgan fingerprint density at radius 3 is 2.54 bits per heavy atom. The van der Waals surface area contributed by atoms with Crippen LogP contribution >= 0.6 is 11.8 Å². The van der Waals surface area contributed by atoms with Crippen molar-refractivity contribution < 1.29 is 9.21 Å². The summed E-state index contributed by atoms with van der Waals surface area (Å²) in [6.07, 6.45) is 1.66. The first kappa shape index (κ1) is 13.7. The smallest absolute Gasteiger partial charge is 0.193 e. The minimum Gasteiger partial charge on any atom is -0.468 e. The molecule has 24 heavy (non-hydrogen) atoms. The van der Waals surface area contributed by atoms with E-state index in [0.717, 1.165) is 38.7 Å². The first-order chi connectivity index (χ1) is 11.8. The molecule has 0 unspecified atom stereocenters. The molecule has 4 heteroatoms. The zero-order chi connectivity index (χ0) is 16.1. The summed E-state index contributed by atoms with van der Waals surface area (Å²) in [6, 6.07) is 19.7. The number of Topliss-reactive ketones (excluding diaryl/α,β-unsaturated/α-hetero) is 1. The van der Waals surface area contributed by atoms with Gasteiger partial charge in [-0.1, -0.05) is 36.4 Å². The third-order valence-corrected chi connectivity index (χ3v) is 5.72. The van der Waals surface area contributed by atoms with Crippen molar-refractivity contribution in [3.8, 4) is 0 Å². The van der Waals surface area contributed by atoms with Crippen molar-refractivity contribution in [2.24, 2.45) is 0 Å². The van der Waals surface area contributed by atoms with Gasteiger partial charge >= 0.3 is 0 Å². The van der Waals surface area contributed by atoms with Crippen molar-refractivity contribution in [1.29, 1.82) is 0 Å². The number of carbonyl (C=O) groups is 1. The van der Waals surface area contributed by atoms with E-state index in [4.69, 9.17) is 4.42 Å². The van der Waals surface area contributed by atoms with Gasteiger partial charge in [0.2, 0.25) is 0 Å². The quantitative estimate of drug-likeness (QED) is 0.670. The van der Waals surface area contributed by atoms with Crippen LogP contribution in [0.15, 0.2) is 81.8 Å². The standard InChI is InChI=1S/C20H13NO2S/c22-19-13-7-2-1-6-12(13)18-17(19)20(15-9-5-11-23-15)24-16-10-4-3-8-14(16)21-18/h1-11,20-21H/t20-/m0/s1. The maximum Gasteiger partial charge on any atom is 0.193 e. The number of ketones is 1. The van der Waals surface area contributed by atoms with Gasteiger partial charge in [0, 0.05) is 21.6 Å². The lowest BCUT2D eigenvalue weighted by atomic mass is 10.1. The van der Waals surface area contributed by atoms with E-state index in [2.05, 4.69) is 11.4 Å². The highest BCUT2D eigenvalue weighted by Gasteiger charge is 2.39. The first-order valence-electron chi connectivity index (χ1n) is 7.77. The van der Waals surface area contributed by atoms with Crippen molar-refractivity contribution >= 4 is 28.9 Å². The Morgan fingerprint density at radius 2 is 1.71 bits per heavy atom. The summed E-state index contributed by atoms with van der Waals surface area (Å²) < 4.78 is 5.66. The average Bonchev–Trinajstić information content (AvgIpc) is 3.19. The zero-order valence-electron chi connectivity index (χ0n) is 12.7. The van der Waals surface area contributed by atoms with Gasteiger partial charge in [-0.05, 0) is 24.3 Å². The number of hydrogen-bond donors (Lipinski definition) is 1. The van der Waals surface area contributed by atoms with Gasteiger partial charge in [-0.25, -0.2) is 0 Å². The molecule has 2 aliphatic rings. The summed E-state index contributed by atoms with van der Waals surface area (Å²) in [4.78, 5) is 14.2. The first-order valence-corrected chi connectivity index (χ1v) is 8.65. The van der Waals surface area contributed by atoms with Crippen LogP contribution in [-0.2, 0) is 0 Å². The SMILES string of the molecule is O=C1C2=C(Nc3ccccc3S[C@H]2c2ccco2)c2ccccc21. The van der Waals surface area contributed by atoms with Crippen LogP contribution in [0, 0.1) is 0 Å². The largest absolute Gasteiger partial charge is 0.468 e. The van der Waals surface area contributed by atoms with Gasteiger partial charge < -0.3 is 9.73 Å². The monoisotopic (exact) mass is 331 g/mol. The van der Waals surface area contributed by atoms with Crippen molar-refractivity contribution in [3.63, 3.8) is 0 Å². The Balaban J connectivity index is 1.77. The van der Waals surface area contributed by atoms with Crippen LogP contribution < -0.4 is 5.32 Å². The van der Waals surface area contributed by atoms with E-state index in [1.165, 1.54) is 0 Å². The van der Waals surface area contributed by atoms with E-state index >= 15 is 0 Å². The normalized spacial score (nSPS) is 18.5. The summed E-state index contributed by atoms with van der Waals surface area (Å²) in [7, 11) is 0. The Bertz CT molecular complexity index is 988. The second kappa shape index (κ2) is 5.14. The highest BCUT2D eigenvalue weighted by Crippen LogP contribution is 2.52. The van der Waals surface area contributed by atoms with Gasteiger partial charge in [0.15, 0.2) is 5.78 Å². The van der Waals surface area contributed by atoms with E-state index < -0.39 is 0 Å². The predicted octanol–water partition coefficient (Wildman–Crippen LogP) is 5.15. The van der Waals surface area contributed by atoms with Gasteiger partial charge in [-0.3, -0.25) is 4.79 Å². The molecule has 0 bridgehead atoms. The molecule has 0 saturated carbocycles. The van der Waals surface area contributed by atoms with Crippen molar-refractivity contribution in [2.45, 2.75) is 10.1 Å². The van der Waals surface area contributed by atoms with E-state index in [-0.39, 0.29) is 11.0 Å². The van der Waals surface area contributed by atoms with E-state index in [1.807, 2.05) is 54.6 Å². The third-order valence-electron chi connectivity index (χ3n) is 4.41. The lowest BCUT2D eigenvalue weighted by Gasteiger charge is -2.14. The molecule has 0 radical (unpaired) electrons. The fraction of sp³-hybridized carbons (Fsp3) is 0.0500. The van der Waals surface area contributed by atoms with Crippen LogP contribution in [0.4, 0.5) is 5.69 Å². The molecule has 1 N–H and O–H groups in total. The maximum absolute atomic E-state index is 13.1. The zero-order valence-corrected chi connectivity index (χ0v) is 13.5. The molecule has 1 aromatic heterocycles. The van der Waals surface area contributed by atoms with Crippen LogP contribution in [0.5, 0.6) is 0 Å². The maximum atomic E-state index is 13.1. The number of para-hydroxylation sites is 1. The van der Waals surface area contributed by atoms with Crippen molar-refractivity contribution in [2.75, 3.05) is 5.32 Å². The van der Waals surface area contributed by atoms with E-state index in [0.29, 0.717) is 0 Å². The number of nitrogens with one attached hydrogen (secondary N) is 1. The topological polar surface area (TPSA) is 42.2 Å². The molecule has 0 fully saturated rings. The van der Waals surface area contributed by atoms with Crippen molar-refractivity contribution in [3.05, 3.63) is 89.4 Å². The lowest BCUT2D eigenvalue weighted by molar-refractivity contribution is 0.103. The molecule has 0 spiro atoms. The number of hydrogen-bond acceptors (Lipinski definition) is 4. The molecule has 5 rings (SSSR count). The highest BCUT2D eigenvalue weighted by atomic mass is 32.2. The minimum absolute atomic E-state index is 0.0785. The fourth-order valence-corrected chi connectivity index (χ4v) is 4.57. The van der Waals surface area contributed by atoms with Gasteiger partial charge in [-0.2, -0.15) is 0 Å². The second-order valence-corrected chi connectivity index (χ2v) is 6.94. The summed E-state index contributed by atoms with van der Waals surface area (Å²) in [5.41, 5.74) is 4.41. The molecule has 116 valence electrons. The number of carbonyl (C=O) groups excluding carboxylic acids is 1.